The molecule has 0 radical (unpaired) electrons. The average Bonchev–Trinajstić information content (AvgIpc) is 3.29. The molecule has 47 heavy (non-hydrogen) atoms. The number of Topliss-reactive ketones (excluding diaryl/α,β-unsaturated/α-hetero) is 1. The summed E-state index contributed by atoms with van der Waals surface area (Å²) in [5.41, 5.74) is -0.528. The van der Waals surface area contributed by atoms with E-state index in [2.05, 4.69) is 50.3 Å². The summed E-state index contributed by atoms with van der Waals surface area (Å²) in [7, 11) is 0. The SMILES string of the molecule is CC(C)(C)OC(=O)N1CCC(CC(=O)[C@@H]2CC[C@@H]3CN2C(=O)N3OO[O-])CC1.CCCC[N+](CCCC)(CCCC)CCCC.O=S. The lowest BCUT2D eigenvalue weighted by atomic mass is 9.87. The second kappa shape index (κ2) is 22.7. The van der Waals surface area contributed by atoms with Gasteiger partial charge in [-0.2, -0.15) is 9.27 Å². The Balaban J connectivity index is 0.000000502. The van der Waals surface area contributed by atoms with E-state index >= 15 is 0 Å². The summed E-state index contributed by atoms with van der Waals surface area (Å²) in [4.78, 5) is 44.8. The zero-order chi connectivity index (χ0) is 35.5. The molecule has 13 heteroatoms. The molecular weight excluding hydrogens is 624 g/mol. The topological polar surface area (TPSA) is 129 Å². The molecule has 3 fully saturated rings. The molecule has 3 saturated heterocycles. The van der Waals surface area contributed by atoms with Crippen LogP contribution in [0.1, 0.15) is 132 Å². The summed E-state index contributed by atoms with van der Waals surface area (Å²) in [5.74, 6) is 0.200. The predicted molar refractivity (Wildman–Crippen MR) is 181 cm³/mol. The zero-order valence-corrected chi connectivity index (χ0v) is 31.2. The van der Waals surface area contributed by atoms with E-state index in [-0.39, 0.29) is 23.8 Å². The molecule has 0 spiro atoms. The van der Waals surface area contributed by atoms with Crippen LogP contribution in [0, 0.1) is 5.92 Å². The van der Waals surface area contributed by atoms with E-state index in [1.807, 2.05) is 20.8 Å². The van der Waals surface area contributed by atoms with Crippen molar-refractivity contribution in [2.24, 2.45) is 5.92 Å². The first-order valence-electron chi connectivity index (χ1n) is 18.0. The Bertz CT molecular complexity index is 876. The molecular formula is C34H64N4O8S. The van der Waals surface area contributed by atoms with Crippen molar-refractivity contribution in [1.29, 1.82) is 0 Å². The number of piperidine rings is 2. The Kier molecular flexibility index (Phi) is 20.8. The number of amides is 3. The van der Waals surface area contributed by atoms with Crippen LogP contribution in [0.2, 0.25) is 0 Å². The largest absolute Gasteiger partial charge is 0.690 e. The number of ether oxygens (including phenoxy) is 1. The van der Waals surface area contributed by atoms with Gasteiger partial charge in [-0.25, -0.2) is 9.59 Å². The number of nitrogens with zero attached hydrogens (tertiary/aromatic N) is 4. The number of hydroxylamine groups is 2. The molecule has 0 unspecified atom stereocenters. The number of carbonyl (C=O) groups is 3. The fraction of sp³-hybridized carbons (Fsp3) is 0.912. The Morgan fingerprint density at radius 2 is 1.34 bits per heavy atom. The first kappa shape index (κ1) is 43.1. The van der Waals surface area contributed by atoms with Gasteiger partial charge in [0.15, 0.2) is 18.3 Å². The fourth-order valence-corrected chi connectivity index (χ4v) is 6.81. The molecule has 3 heterocycles. The smallest absolute Gasteiger partial charge is 0.410 e. The number of unbranched alkanes of at least 4 members (excludes halogenated alkanes) is 4. The van der Waals surface area contributed by atoms with Crippen molar-refractivity contribution in [1.82, 2.24) is 14.9 Å². The maximum atomic E-state index is 12.8. The normalized spacial score (nSPS) is 19.9. The minimum Gasteiger partial charge on any atom is -0.690 e. The van der Waals surface area contributed by atoms with Crippen molar-refractivity contribution in [3.8, 4) is 0 Å². The lowest BCUT2D eigenvalue weighted by molar-refractivity contribution is -0.929. The Morgan fingerprint density at radius 1 is 0.851 bits per heavy atom. The summed E-state index contributed by atoms with van der Waals surface area (Å²) < 4.78 is 14.6. The van der Waals surface area contributed by atoms with Gasteiger partial charge in [-0.3, -0.25) is 9.83 Å². The molecule has 3 aliphatic rings. The van der Waals surface area contributed by atoms with Gasteiger partial charge in [0.2, 0.25) is 0 Å². The molecule has 0 aromatic heterocycles. The van der Waals surface area contributed by atoms with E-state index in [1.165, 1.54) is 86.9 Å². The van der Waals surface area contributed by atoms with E-state index in [1.54, 1.807) is 4.90 Å². The summed E-state index contributed by atoms with van der Waals surface area (Å²) in [6, 6.07) is -1.26. The second-order valence-corrected chi connectivity index (χ2v) is 14.4. The van der Waals surface area contributed by atoms with Gasteiger partial charge in [0.1, 0.15) is 5.60 Å². The van der Waals surface area contributed by atoms with Crippen LogP contribution in [-0.2, 0) is 32.1 Å². The van der Waals surface area contributed by atoms with Crippen molar-refractivity contribution in [2.45, 2.75) is 150 Å². The summed E-state index contributed by atoms with van der Waals surface area (Å²) in [5, 5.41) is 14.5. The number of likely N-dealkylation sites (tertiary alicyclic amines) is 1. The third-order valence-electron chi connectivity index (χ3n) is 9.51. The van der Waals surface area contributed by atoms with Gasteiger partial charge in [0.25, 0.3) is 0 Å². The van der Waals surface area contributed by atoms with Crippen molar-refractivity contribution < 1.29 is 43.1 Å². The highest BCUT2D eigenvalue weighted by Gasteiger charge is 2.48. The highest BCUT2D eigenvalue weighted by Crippen LogP contribution is 2.32. The molecule has 3 rings (SSSR count). The third kappa shape index (κ3) is 14.6. The highest BCUT2D eigenvalue weighted by atomic mass is 32.1. The van der Waals surface area contributed by atoms with Gasteiger partial charge in [-0.1, -0.05) is 53.4 Å². The lowest BCUT2D eigenvalue weighted by Gasteiger charge is -2.39. The minimum absolute atomic E-state index is 0.0207. The molecule has 0 saturated carbocycles. The molecule has 2 atom stereocenters. The molecule has 2 bridgehead atoms. The van der Waals surface area contributed by atoms with Crippen LogP contribution >= 0.6 is 0 Å². The molecule has 0 N–H and O–H groups in total. The van der Waals surface area contributed by atoms with Crippen LogP contribution in [0.3, 0.4) is 0 Å². The maximum absolute atomic E-state index is 12.8. The first-order valence-corrected chi connectivity index (χ1v) is 18.4. The van der Waals surface area contributed by atoms with Gasteiger partial charge >= 0.3 is 12.1 Å². The fourth-order valence-electron chi connectivity index (χ4n) is 6.81. The summed E-state index contributed by atoms with van der Waals surface area (Å²) >= 11 is 2.83. The second-order valence-electron chi connectivity index (χ2n) is 14.4. The molecule has 12 nitrogen and oxygen atoms in total. The van der Waals surface area contributed by atoms with E-state index in [4.69, 9.17) is 8.95 Å². The maximum Gasteiger partial charge on any atom is 0.410 e. The van der Waals surface area contributed by atoms with Crippen molar-refractivity contribution in [3.05, 3.63) is 0 Å². The number of urea groups is 1. The number of fused-ring (bicyclic) bond motifs is 2. The molecule has 0 aromatic carbocycles. The summed E-state index contributed by atoms with van der Waals surface area (Å²) in [6.07, 6.45) is 13.7. The minimum atomic E-state index is -0.528. The Morgan fingerprint density at radius 3 is 1.77 bits per heavy atom. The monoisotopic (exact) mass is 688 g/mol. The van der Waals surface area contributed by atoms with E-state index in [0.717, 1.165) is 17.9 Å². The van der Waals surface area contributed by atoms with Gasteiger partial charge < -0.3 is 24.3 Å². The zero-order valence-electron chi connectivity index (χ0n) is 30.3. The number of carbonyl (C=O) groups excluding carboxylic acids is 3. The Hall–Kier alpha value is -1.93. The van der Waals surface area contributed by atoms with Gasteiger partial charge in [-0.05, 0) is 78.1 Å². The van der Waals surface area contributed by atoms with Crippen molar-refractivity contribution >= 4 is 30.4 Å². The summed E-state index contributed by atoms with van der Waals surface area (Å²) in [6.45, 7) is 22.0. The highest BCUT2D eigenvalue weighted by molar-refractivity contribution is 7.44. The molecule has 3 aliphatic heterocycles. The first-order chi connectivity index (χ1) is 22.4. The number of quaternary nitrogens is 1. The van der Waals surface area contributed by atoms with Crippen molar-refractivity contribution in [3.63, 3.8) is 0 Å². The predicted octanol–water partition coefficient (Wildman–Crippen LogP) is 5.67. The number of ketones is 1. The van der Waals surface area contributed by atoms with Gasteiger partial charge in [-0.15, -0.1) is 4.99 Å². The number of hydrogen-bond donors (Lipinski definition) is 0. The van der Waals surface area contributed by atoms with Crippen LogP contribution in [0.4, 0.5) is 9.59 Å². The van der Waals surface area contributed by atoms with Gasteiger partial charge in [0.05, 0.1) is 38.3 Å². The third-order valence-corrected chi connectivity index (χ3v) is 9.51. The van der Waals surface area contributed by atoms with Crippen LogP contribution < -0.4 is 5.26 Å². The van der Waals surface area contributed by atoms with Crippen molar-refractivity contribution in [2.75, 3.05) is 45.8 Å². The van der Waals surface area contributed by atoms with E-state index in [9.17, 15) is 19.6 Å². The lowest BCUT2D eigenvalue weighted by Crippen LogP contribution is -2.50. The molecule has 0 aromatic rings. The van der Waals surface area contributed by atoms with E-state index < -0.39 is 17.7 Å². The average molecular weight is 689 g/mol. The Labute approximate surface area is 289 Å². The molecule has 274 valence electrons. The van der Waals surface area contributed by atoms with E-state index in [0.29, 0.717) is 38.9 Å². The molecule has 0 aliphatic carbocycles. The van der Waals surface area contributed by atoms with Crippen LogP contribution in [-0.4, -0.2) is 105 Å². The molecule has 3 amide bonds. The quantitative estimate of drug-likeness (QED) is 0.108. The van der Waals surface area contributed by atoms with Gasteiger partial charge in [0, 0.05) is 26.1 Å². The number of rotatable bonds is 17. The standard InChI is InChI=1S/C18H29N3O7.C16H36N.OS/c1-18(2,3)26-17(24)19-8-6-12(7-9-19)10-15(22)14-5-4-13-11-20(14)16(23)21(13)27-28-25;1-5-9-13-17(14-10-6-2,15-11-7-3)16-12-8-4;1-2/h12-14,25H,4-11H2,1-3H3;5-16H2,1-4H3;/q;+1;/p-1/t13-,14+;;/m1../s1. The van der Waals surface area contributed by atoms with Crippen LogP contribution in [0.15, 0.2) is 0 Å². The van der Waals surface area contributed by atoms with Crippen LogP contribution in [0.5, 0.6) is 0 Å². The number of hydrogen-bond acceptors (Lipinski definition) is 9. The van der Waals surface area contributed by atoms with Crippen LogP contribution in [0.25, 0.3) is 0 Å².